The van der Waals surface area contributed by atoms with Crippen LogP contribution in [0.2, 0.25) is 0 Å². The van der Waals surface area contributed by atoms with Crippen molar-refractivity contribution in [1.29, 1.82) is 0 Å². The van der Waals surface area contributed by atoms with Gasteiger partial charge in [-0.05, 0) is 35.2 Å². The van der Waals surface area contributed by atoms with Gasteiger partial charge in [0.1, 0.15) is 5.75 Å². The number of hydrogen-bond donors (Lipinski definition) is 1. The molecule has 0 fully saturated rings. The van der Waals surface area contributed by atoms with Gasteiger partial charge in [-0.1, -0.05) is 49.7 Å². The van der Waals surface area contributed by atoms with Crippen LogP contribution in [-0.4, -0.2) is 6.61 Å². The predicted molar refractivity (Wildman–Crippen MR) is 82.0 cm³/mol. The van der Waals surface area contributed by atoms with Gasteiger partial charge in [0.15, 0.2) is 0 Å². The third kappa shape index (κ3) is 2.20. The summed E-state index contributed by atoms with van der Waals surface area (Å²) in [6, 6.07) is 16.8. The Morgan fingerprint density at radius 3 is 2.65 bits per heavy atom. The van der Waals surface area contributed by atoms with Gasteiger partial charge in [0.05, 0.1) is 12.1 Å². The smallest absolute Gasteiger partial charge is 0.122 e. The fourth-order valence-corrected chi connectivity index (χ4v) is 3.05. The molecule has 0 spiro atoms. The Morgan fingerprint density at radius 2 is 1.90 bits per heavy atom. The van der Waals surface area contributed by atoms with Crippen molar-refractivity contribution in [2.24, 2.45) is 5.73 Å². The summed E-state index contributed by atoms with van der Waals surface area (Å²) in [5.74, 6) is 1.01. The van der Waals surface area contributed by atoms with Crippen LogP contribution in [0.3, 0.4) is 0 Å². The van der Waals surface area contributed by atoms with Gasteiger partial charge in [-0.15, -0.1) is 0 Å². The van der Waals surface area contributed by atoms with Gasteiger partial charge in [-0.3, -0.25) is 0 Å². The van der Waals surface area contributed by atoms with E-state index in [1.54, 1.807) is 0 Å². The highest BCUT2D eigenvalue weighted by molar-refractivity contribution is 5.46. The summed E-state index contributed by atoms with van der Waals surface area (Å²) < 4.78 is 5.59. The summed E-state index contributed by atoms with van der Waals surface area (Å²) in [7, 11) is 0. The van der Waals surface area contributed by atoms with E-state index in [2.05, 4.69) is 49.4 Å². The molecule has 2 N–H and O–H groups in total. The van der Waals surface area contributed by atoms with Crippen molar-refractivity contribution in [3.63, 3.8) is 0 Å². The van der Waals surface area contributed by atoms with E-state index in [9.17, 15) is 0 Å². The summed E-state index contributed by atoms with van der Waals surface area (Å²) in [6.07, 6.45) is 2.98. The molecule has 2 heteroatoms. The Balaban J connectivity index is 2.06. The standard InChI is InChI=1S/C18H21NO/c1-2-11-18(19,15-6-4-3-5-7-15)16-8-9-17-14(13-16)10-12-20-17/h3-9,13H,2,10-12,19H2,1H3. The number of ether oxygens (including phenoxy) is 1. The van der Waals surface area contributed by atoms with Crippen LogP contribution in [0.1, 0.15) is 36.5 Å². The van der Waals surface area contributed by atoms with E-state index in [-0.39, 0.29) is 0 Å². The van der Waals surface area contributed by atoms with Crippen LogP contribution in [0.4, 0.5) is 0 Å². The van der Waals surface area contributed by atoms with E-state index in [1.807, 2.05) is 6.07 Å². The molecule has 3 rings (SSSR count). The molecule has 0 amide bonds. The largest absolute Gasteiger partial charge is 0.493 e. The Morgan fingerprint density at radius 1 is 1.10 bits per heavy atom. The molecule has 1 aliphatic rings. The molecule has 2 aromatic rings. The van der Waals surface area contributed by atoms with Crippen LogP contribution >= 0.6 is 0 Å². The maximum absolute atomic E-state index is 6.80. The molecule has 2 aromatic carbocycles. The molecule has 0 saturated carbocycles. The third-order valence-corrected chi connectivity index (χ3v) is 4.14. The second-order valence-corrected chi connectivity index (χ2v) is 5.51. The summed E-state index contributed by atoms with van der Waals surface area (Å²) in [5.41, 5.74) is 10.0. The van der Waals surface area contributed by atoms with E-state index in [1.165, 1.54) is 16.7 Å². The zero-order valence-electron chi connectivity index (χ0n) is 11.9. The molecule has 1 aliphatic heterocycles. The number of benzene rings is 2. The third-order valence-electron chi connectivity index (χ3n) is 4.14. The molecule has 2 nitrogen and oxygen atoms in total. The molecule has 1 heterocycles. The molecule has 0 aromatic heterocycles. The summed E-state index contributed by atoms with van der Waals surface area (Å²) in [5, 5.41) is 0. The first kappa shape index (κ1) is 13.2. The molecule has 20 heavy (non-hydrogen) atoms. The Kier molecular flexibility index (Phi) is 3.49. The first-order valence-corrected chi connectivity index (χ1v) is 7.34. The lowest BCUT2D eigenvalue weighted by molar-refractivity contribution is 0.356. The van der Waals surface area contributed by atoms with E-state index >= 15 is 0 Å². The lowest BCUT2D eigenvalue weighted by Crippen LogP contribution is -2.37. The lowest BCUT2D eigenvalue weighted by Gasteiger charge is -2.31. The van der Waals surface area contributed by atoms with Gasteiger partial charge >= 0.3 is 0 Å². The Labute approximate surface area is 120 Å². The van der Waals surface area contributed by atoms with Gasteiger partial charge in [0, 0.05) is 6.42 Å². The topological polar surface area (TPSA) is 35.2 Å². The molecule has 1 atom stereocenters. The van der Waals surface area contributed by atoms with Crippen molar-refractivity contribution in [3.8, 4) is 5.75 Å². The fourth-order valence-electron chi connectivity index (χ4n) is 3.05. The number of nitrogens with two attached hydrogens (primary N) is 1. The number of hydrogen-bond acceptors (Lipinski definition) is 2. The quantitative estimate of drug-likeness (QED) is 0.918. The highest BCUT2D eigenvalue weighted by Gasteiger charge is 2.29. The number of fused-ring (bicyclic) bond motifs is 1. The van der Waals surface area contributed by atoms with Crippen molar-refractivity contribution < 1.29 is 4.74 Å². The maximum atomic E-state index is 6.80. The van der Waals surface area contributed by atoms with Gasteiger partial charge in [0.25, 0.3) is 0 Å². The van der Waals surface area contributed by atoms with Crippen LogP contribution in [-0.2, 0) is 12.0 Å². The van der Waals surface area contributed by atoms with Crippen LogP contribution in [0.25, 0.3) is 0 Å². The first-order chi connectivity index (χ1) is 9.74. The highest BCUT2D eigenvalue weighted by Crippen LogP contribution is 2.35. The van der Waals surface area contributed by atoms with Crippen LogP contribution in [0.5, 0.6) is 5.75 Å². The monoisotopic (exact) mass is 267 g/mol. The zero-order valence-corrected chi connectivity index (χ0v) is 11.9. The van der Waals surface area contributed by atoms with Crippen molar-refractivity contribution in [3.05, 3.63) is 65.2 Å². The highest BCUT2D eigenvalue weighted by atomic mass is 16.5. The van der Waals surface area contributed by atoms with E-state index in [4.69, 9.17) is 10.5 Å². The average Bonchev–Trinajstić information content (AvgIpc) is 2.95. The van der Waals surface area contributed by atoms with Crippen molar-refractivity contribution >= 4 is 0 Å². The first-order valence-electron chi connectivity index (χ1n) is 7.34. The van der Waals surface area contributed by atoms with E-state index in [0.29, 0.717) is 0 Å². The molecule has 104 valence electrons. The Hall–Kier alpha value is -1.80. The van der Waals surface area contributed by atoms with Gasteiger partial charge in [0.2, 0.25) is 0 Å². The second kappa shape index (κ2) is 5.29. The minimum absolute atomic E-state index is 0.409. The number of rotatable bonds is 4. The predicted octanol–water partition coefficient (Wildman–Crippen LogP) is 3.62. The Bertz CT molecular complexity index is 594. The maximum Gasteiger partial charge on any atom is 0.122 e. The zero-order chi connectivity index (χ0) is 14.0. The average molecular weight is 267 g/mol. The van der Waals surface area contributed by atoms with Gasteiger partial charge in [-0.25, -0.2) is 0 Å². The normalized spacial score (nSPS) is 16.3. The molecule has 0 aliphatic carbocycles. The van der Waals surface area contributed by atoms with E-state index in [0.717, 1.165) is 31.6 Å². The summed E-state index contributed by atoms with van der Waals surface area (Å²) in [4.78, 5) is 0. The van der Waals surface area contributed by atoms with Gasteiger partial charge < -0.3 is 10.5 Å². The molecule has 0 bridgehead atoms. The van der Waals surface area contributed by atoms with Crippen molar-refractivity contribution in [1.82, 2.24) is 0 Å². The summed E-state index contributed by atoms with van der Waals surface area (Å²) >= 11 is 0. The molecular weight excluding hydrogens is 246 g/mol. The van der Waals surface area contributed by atoms with Gasteiger partial charge in [-0.2, -0.15) is 0 Å². The van der Waals surface area contributed by atoms with Crippen LogP contribution < -0.4 is 10.5 Å². The second-order valence-electron chi connectivity index (χ2n) is 5.51. The SMILES string of the molecule is CCCC(N)(c1ccccc1)c1ccc2c(c1)CCO2. The molecular formula is C18H21NO. The summed E-state index contributed by atoms with van der Waals surface area (Å²) in [6.45, 7) is 2.97. The van der Waals surface area contributed by atoms with Crippen LogP contribution in [0, 0.1) is 0 Å². The minimum Gasteiger partial charge on any atom is -0.493 e. The minimum atomic E-state index is -0.409. The lowest BCUT2D eigenvalue weighted by atomic mass is 9.79. The fraction of sp³-hybridized carbons (Fsp3) is 0.333. The van der Waals surface area contributed by atoms with E-state index < -0.39 is 5.54 Å². The van der Waals surface area contributed by atoms with Crippen molar-refractivity contribution in [2.45, 2.75) is 31.7 Å². The molecule has 1 unspecified atom stereocenters. The van der Waals surface area contributed by atoms with Crippen molar-refractivity contribution in [2.75, 3.05) is 6.61 Å². The van der Waals surface area contributed by atoms with Crippen LogP contribution in [0.15, 0.2) is 48.5 Å². The molecule has 0 radical (unpaired) electrons. The molecule has 0 saturated heterocycles.